The lowest BCUT2D eigenvalue weighted by molar-refractivity contribution is -0.384. The monoisotopic (exact) mass is 266 g/mol. The first kappa shape index (κ1) is 15.4. The lowest BCUT2D eigenvalue weighted by Gasteiger charge is -2.36. The number of hydrogen-bond acceptors (Lipinski definition) is 4. The molecule has 1 unspecified atom stereocenters. The van der Waals surface area contributed by atoms with Crippen molar-refractivity contribution in [2.75, 3.05) is 11.9 Å². The molecular weight excluding hydrogens is 244 g/mol. The van der Waals surface area contributed by atoms with Crippen LogP contribution in [0.25, 0.3) is 0 Å². The third-order valence-corrected chi connectivity index (χ3v) is 3.63. The number of rotatable bonds is 4. The van der Waals surface area contributed by atoms with E-state index in [0.29, 0.717) is 11.3 Å². The Balaban J connectivity index is 3.23. The summed E-state index contributed by atoms with van der Waals surface area (Å²) in [6.45, 7) is 8.15. The van der Waals surface area contributed by atoms with Crippen molar-refractivity contribution in [3.8, 4) is 0 Å². The molecule has 1 N–H and O–H groups in total. The third-order valence-electron chi connectivity index (χ3n) is 3.63. The highest BCUT2D eigenvalue weighted by Crippen LogP contribution is 2.33. The lowest BCUT2D eigenvalue weighted by Crippen LogP contribution is -2.39. The van der Waals surface area contributed by atoms with E-state index in [1.165, 1.54) is 6.07 Å². The zero-order valence-electron chi connectivity index (χ0n) is 12.2. The van der Waals surface area contributed by atoms with Gasteiger partial charge in [-0.05, 0) is 24.0 Å². The summed E-state index contributed by atoms with van der Waals surface area (Å²) in [6, 6.07) is 4.99. The zero-order chi connectivity index (χ0) is 14.8. The molecule has 0 saturated carbocycles. The van der Waals surface area contributed by atoms with E-state index < -0.39 is 4.92 Å². The molecule has 0 saturated heterocycles. The van der Waals surface area contributed by atoms with Crippen LogP contribution in [-0.4, -0.2) is 23.1 Å². The smallest absolute Gasteiger partial charge is 0.292 e. The second-order valence-corrected chi connectivity index (χ2v) is 5.89. The van der Waals surface area contributed by atoms with E-state index in [9.17, 15) is 10.1 Å². The minimum atomic E-state index is -0.402. The van der Waals surface area contributed by atoms with E-state index in [1.54, 1.807) is 12.1 Å². The minimum absolute atomic E-state index is 0.0122. The number of nitrogens with zero attached hydrogens (tertiary/aromatic N) is 2. The van der Waals surface area contributed by atoms with Crippen molar-refractivity contribution in [1.82, 2.24) is 0 Å². The van der Waals surface area contributed by atoms with Gasteiger partial charge in [0.2, 0.25) is 0 Å². The summed E-state index contributed by atoms with van der Waals surface area (Å²) in [6.07, 6.45) is 0. The molecule has 0 spiro atoms. The molecule has 5 nitrogen and oxygen atoms in total. The number of nitro benzene ring substituents is 1. The van der Waals surface area contributed by atoms with Gasteiger partial charge >= 0.3 is 0 Å². The molecule has 19 heavy (non-hydrogen) atoms. The molecule has 0 fully saturated rings. The first-order chi connectivity index (χ1) is 8.68. The van der Waals surface area contributed by atoms with Gasteiger partial charge in [-0.15, -0.1) is 0 Å². The zero-order valence-corrected chi connectivity index (χ0v) is 12.2. The summed E-state index contributed by atoms with van der Waals surface area (Å²) in [7, 11) is 1.86. The van der Waals surface area contributed by atoms with E-state index in [4.69, 9.17) is 5.11 Å². The van der Waals surface area contributed by atoms with Crippen LogP contribution in [0.4, 0.5) is 11.4 Å². The van der Waals surface area contributed by atoms with Crippen molar-refractivity contribution in [1.29, 1.82) is 0 Å². The van der Waals surface area contributed by atoms with Crippen molar-refractivity contribution >= 4 is 11.4 Å². The van der Waals surface area contributed by atoms with Crippen LogP contribution in [0.5, 0.6) is 0 Å². The molecule has 5 heteroatoms. The Labute approximate surface area is 114 Å². The first-order valence-electron chi connectivity index (χ1n) is 6.29. The van der Waals surface area contributed by atoms with Gasteiger partial charge in [-0.3, -0.25) is 10.1 Å². The van der Waals surface area contributed by atoms with Crippen molar-refractivity contribution in [3.63, 3.8) is 0 Å². The lowest BCUT2D eigenvalue weighted by atomic mass is 9.87. The largest absolute Gasteiger partial charge is 0.392 e. The third kappa shape index (κ3) is 3.44. The molecule has 0 aromatic heterocycles. The van der Waals surface area contributed by atoms with E-state index in [0.717, 1.165) is 0 Å². The molecule has 0 aliphatic rings. The Hall–Kier alpha value is -1.62. The number of anilines is 1. The Bertz CT molecular complexity index is 466. The summed E-state index contributed by atoms with van der Waals surface area (Å²) in [5.74, 6) is 0. The standard InChI is InChI=1S/C14H22N2O3/c1-10(14(2,3)4)15(5)12-7-6-11(9-17)8-13(12)16(18)19/h6-8,10,17H,9H2,1-5H3. The molecule has 1 rings (SSSR count). The van der Waals surface area contributed by atoms with E-state index in [-0.39, 0.29) is 23.8 Å². The first-order valence-corrected chi connectivity index (χ1v) is 6.29. The summed E-state index contributed by atoms with van der Waals surface area (Å²) in [5.41, 5.74) is 1.17. The topological polar surface area (TPSA) is 66.6 Å². The molecule has 0 heterocycles. The van der Waals surface area contributed by atoms with E-state index in [2.05, 4.69) is 20.8 Å². The maximum Gasteiger partial charge on any atom is 0.292 e. The van der Waals surface area contributed by atoms with Crippen LogP contribution in [0.3, 0.4) is 0 Å². The minimum Gasteiger partial charge on any atom is -0.392 e. The normalized spacial score (nSPS) is 13.2. The highest BCUT2D eigenvalue weighted by molar-refractivity contribution is 5.64. The van der Waals surface area contributed by atoms with Crippen LogP contribution in [-0.2, 0) is 6.61 Å². The van der Waals surface area contributed by atoms with Crippen molar-refractivity contribution in [2.24, 2.45) is 5.41 Å². The predicted molar refractivity (Wildman–Crippen MR) is 76.3 cm³/mol. The molecule has 0 bridgehead atoms. The van der Waals surface area contributed by atoms with Gasteiger partial charge in [0, 0.05) is 19.2 Å². The summed E-state index contributed by atoms with van der Waals surface area (Å²) < 4.78 is 0. The highest BCUT2D eigenvalue weighted by Gasteiger charge is 2.28. The molecule has 1 atom stereocenters. The van der Waals surface area contributed by atoms with Crippen LogP contribution < -0.4 is 4.90 Å². The van der Waals surface area contributed by atoms with Crippen LogP contribution in [0.2, 0.25) is 0 Å². The van der Waals surface area contributed by atoms with Gasteiger partial charge < -0.3 is 10.0 Å². The summed E-state index contributed by atoms with van der Waals surface area (Å²) in [5, 5.41) is 20.2. The molecular formula is C14H22N2O3. The van der Waals surface area contributed by atoms with Gasteiger partial charge in [0.25, 0.3) is 5.69 Å². The van der Waals surface area contributed by atoms with E-state index in [1.807, 2.05) is 18.9 Å². The maximum atomic E-state index is 11.2. The van der Waals surface area contributed by atoms with Crippen molar-refractivity contribution in [2.45, 2.75) is 40.3 Å². The second kappa shape index (κ2) is 5.57. The predicted octanol–water partition coefficient (Wildman–Crippen LogP) is 2.96. The van der Waals surface area contributed by atoms with Gasteiger partial charge in [-0.2, -0.15) is 0 Å². The van der Waals surface area contributed by atoms with Gasteiger partial charge in [-0.1, -0.05) is 26.8 Å². The van der Waals surface area contributed by atoms with Crippen LogP contribution in [0.1, 0.15) is 33.3 Å². The molecule has 0 amide bonds. The van der Waals surface area contributed by atoms with Crippen molar-refractivity contribution in [3.05, 3.63) is 33.9 Å². The van der Waals surface area contributed by atoms with Crippen LogP contribution in [0.15, 0.2) is 18.2 Å². The van der Waals surface area contributed by atoms with Crippen molar-refractivity contribution < 1.29 is 10.0 Å². The highest BCUT2D eigenvalue weighted by atomic mass is 16.6. The average Bonchev–Trinajstić information content (AvgIpc) is 2.35. The van der Waals surface area contributed by atoms with Crippen LogP contribution >= 0.6 is 0 Å². The fourth-order valence-electron chi connectivity index (χ4n) is 1.90. The molecule has 1 aromatic rings. The fourth-order valence-corrected chi connectivity index (χ4v) is 1.90. The average molecular weight is 266 g/mol. The fraction of sp³-hybridized carbons (Fsp3) is 0.571. The molecule has 0 aliphatic carbocycles. The number of aliphatic hydroxyl groups is 1. The number of nitro groups is 1. The number of benzene rings is 1. The molecule has 0 radical (unpaired) electrons. The summed E-state index contributed by atoms with van der Waals surface area (Å²) in [4.78, 5) is 12.7. The van der Waals surface area contributed by atoms with Crippen LogP contribution in [0, 0.1) is 15.5 Å². The molecule has 0 aliphatic heterocycles. The number of aliphatic hydroxyl groups excluding tert-OH is 1. The quantitative estimate of drug-likeness (QED) is 0.672. The summed E-state index contributed by atoms with van der Waals surface area (Å²) >= 11 is 0. The Morgan fingerprint density at radius 2 is 2.00 bits per heavy atom. The maximum absolute atomic E-state index is 11.2. The Kier molecular flexibility index (Phi) is 4.52. The van der Waals surface area contributed by atoms with Gasteiger partial charge in [0.15, 0.2) is 0 Å². The van der Waals surface area contributed by atoms with Gasteiger partial charge in [0.05, 0.1) is 11.5 Å². The molecule has 1 aromatic carbocycles. The molecule has 106 valence electrons. The Morgan fingerprint density at radius 1 is 1.42 bits per heavy atom. The Morgan fingerprint density at radius 3 is 2.42 bits per heavy atom. The number of hydrogen-bond donors (Lipinski definition) is 1. The van der Waals surface area contributed by atoms with Gasteiger partial charge in [0.1, 0.15) is 5.69 Å². The van der Waals surface area contributed by atoms with Gasteiger partial charge in [-0.25, -0.2) is 0 Å². The van der Waals surface area contributed by atoms with E-state index >= 15 is 0 Å². The second-order valence-electron chi connectivity index (χ2n) is 5.89. The SMILES string of the molecule is CC(N(C)c1ccc(CO)cc1[N+](=O)[O-])C(C)(C)C.